The fraction of sp³-hybridized carbons (Fsp3) is 0.235. The zero-order chi connectivity index (χ0) is 16.2. The maximum Gasteiger partial charge on any atom is 0.337 e. The highest BCUT2D eigenvalue weighted by Crippen LogP contribution is 2.20. The van der Waals surface area contributed by atoms with Crippen LogP contribution >= 0.6 is 0 Å². The average Bonchev–Trinajstić information content (AvgIpc) is 3.39. The number of aromatic nitrogens is 1. The molecule has 1 amide bonds. The van der Waals surface area contributed by atoms with Gasteiger partial charge in [0.2, 0.25) is 0 Å². The fourth-order valence-corrected chi connectivity index (χ4v) is 2.06. The number of hydrogen-bond donors (Lipinski definition) is 2. The van der Waals surface area contributed by atoms with Crippen LogP contribution in [-0.4, -0.2) is 30.0 Å². The molecule has 6 heteroatoms. The fourth-order valence-electron chi connectivity index (χ4n) is 2.06. The van der Waals surface area contributed by atoms with Crippen LogP contribution in [0.1, 0.15) is 33.7 Å². The van der Waals surface area contributed by atoms with E-state index in [-0.39, 0.29) is 11.9 Å². The number of pyridine rings is 1. The molecule has 1 saturated carbocycles. The van der Waals surface area contributed by atoms with Crippen LogP contribution in [0.15, 0.2) is 42.6 Å². The van der Waals surface area contributed by atoms with Gasteiger partial charge in [-0.15, -0.1) is 0 Å². The first kappa shape index (κ1) is 15.0. The lowest BCUT2D eigenvalue weighted by Gasteiger charge is -2.08. The molecule has 1 aliphatic rings. The van der Waals surface area contributed by atoms with Gasteiger partial charge in [-0.25, -0.2) is 9.78 Å². The molecule has 6 nitrogen and oxygen atoms in total. The summed E-state index contributed by atoms with van der Waals surface area (Å²) in [6, 6.07) is 10.7. The Morgan fingerprint density at radius 2 is 1.78 bits per heavy atom. The normalized spacial score (nSPS) is 13.3. The number of ether oxygens (including phenoxy) is 1. The third-order valence-corrected chi connectivity index (χ3v) is 3.50. The number of rotatable bonds is 5. The van der Waals surface area contributed by atoms with E-state index >= 15 is 0 Å². The predicted octanol–water partition coefficient (Wildman–Crippen LogP) is 2.50. The highest BCUT2D eigenvalue weighted by atomic mass is 16.5. The summed E-state index contributed by atoms with van der Waals surface area (Å²) in [5, 5.41) is 6.06. The molecule has 0 bridgehead atoms. The van der Waals surface area contributed by atoms with Crippen molar-refractivity contribution < 1.29 is 14.3 Å². The van der Waals surface area contributed by atoms with E-state index < -0.39 is 0 Å². The van der Waals surface area contributed by atoms with Crippen LogP contribution in [0, 0.1) is 0 Å². The van der Waals surface area contributed by atoms with Crippen LogP contribution in [0.25, 0.3) is 0 Å². The van der Waals surface area contributed by atoms with Crippen LogP contribution in [-0.2, 0) is 4.74 Å². The van der Waals surface area contributed by atoms with E-state index in [2.05, 4.69) is 20.4 Å². The van der Waals surface area contributed by atoms with Gasteiger partial charge in [-0.1, -0.05) is 0 Å². The summed E-state index contributed by atoms with van der Waals surface area (Å²) in [7, 11) is 1.35. The second kappa shape index (κ2) is 6.48. The first-order valence-corrected chi connectivity index (χ1v) is 7.38. The smallest absolute Gasteiger partial charge is 0.337 e. The second-order valence-corrected chi connectivity index (χ2v) is 5.37. The summed E-state index contributed by atoms with van der Waals surface area (Å²) in [6.07, 6.45) is 3.70. The van der Waals surface area contributed by atoms with Crippen molar-refractivity contribution in [3.63, 3.8) is 0 Å². The topological polar surface area (TPSA) is 80.3 Å². The Balaban J connectivity index is 1.63. The van der Waals surface area contributed by atoms with Gasteiger partial charge in [0, 0.05) is 11.7 Å². The van der Waals surface area contributed by atoms with Gasteiger partial charge in [-0.3, -0.25) is 4.79 Å². The van der Waals surface area contributed by atoms with Crippen molar-refractivity contribution in [1.29, 1.82) is 0 Å². The van der Waals surface area contributed by atoms with Crippen molar-refractivity contribution >= 4 is 23.3 Å². The largest absolute Gasteiger partial charge is 0.465 e. The number of esters is 1. The molecule has 0 unspecified atom stereocenters. The van der Waals surface area contributed by atoms with Gasteiger partial charge >= 0.3 is 5.97 Å². The number of nitrogens with zero attached hydrogens (tertiary/aromatic N) is 1. The molecule has 3 rings (SSSR count). The lowest BCUT2D eigenvalue weighted by atomic mass is 10.2. The molecule has 0 spiro atoms. The minimum absolute atomic E-state index is 0.138. The Labute approximate surface area is 133 Å². The molecule has 1 aromatic carbocycles. The van der Waals surface area contributed by atoms with E-state index in [4.69, 9.17) is 0 Å². The first-order valence-electron chi connectivity index (χ1n) is 7.38. The van der Waals surface area contributed by atoms with E-state index in [1.807, 2.05) is 0 Å². The van der Waals surface area contributed by atoms with Crippen LogP contribution in [0.2, 0.25) is 0 Å². The van der Waals surface area contributed by atoms with Crippen molar-refractivity contribution in [2.24, 2.45) is 0 Å². The summed E-state index contributed by atoms with van der Waals surface area (Å²) in [6.45, 7) is 0. The zero-order valence-corrected chi connectivity index (χ0v) is 12.7. The lowest BCUT2D eigenvalue weighted by molar-refractivity contribution is 0.0600. The minimum atomic E-state index is -0.371. The van der Waals surface area contributed by atoms with Crippen molar-refractivity contribution in [2.75, 3.05) is 12.4 Å². The number of anilines is 2. The van der Waals surface area contributed by atoms with Crippen LogP contribution in [0.3, 0.4) is 0 Å². The maximum atomic E-state index is 11.9. The molecular formula is C17H17N3O3. The quantitative estimate of drug-likeness (QED) is 0.829. The molecule has 23 heavy (non-hydrogen) atoms. The zero-order valence-electron chi connectivity index (χ0n) is 12.7. The highest BCUT2D eigenvalue weighted by molar-refractivity contribution is 5.93. The average molecular weight is 311 g/mol. The molecule has 1 aromatic heterocycles. The van der Waals surface area contributed by atoms with E-state index in [1.165, 1.54) is 7.11 Å². The molecule has 1 aliphatic carbocycles. The minimum Gasteiger partial charge on any atom is -0.465 e. The monoisotopic (exact) mass is 311 g/mol. The van der Waals surface area contributed by atoms with Gasteiger partial charge in [-0.2, -0.15) is 0 Å². The second-order valence-electron chi connectivity index (χ2n) is 5.37. The Kier molecular flexibility index (Phi) is 4.23. The Morgan fingerprint density at radius 1 is 1.09 bits per heavy atom. The predicted molar refractivity (Wildman–Crippen MR) is 85.8 cm³/mol. The third kappa shape index (κ3) is 3.85. The van der Waals surface area contributed by atoms with Gasteiger partial charge in [0.1, 0.15) is 5.69 Å². The summed E-state index contributed by atoms with van der Waals surface area (Å²) in [4.78, 5) is 27.4. The standard InChI is InChI=1S/C17H17N3O3/c1-23-17(22)11-2-4-12(5-3-11)19-14-8-9-15(18-10-14)16(21)20-13-6-7-13/h2-5,8-10,13,19H,6-7H2,1H3,(H,20,21). The van der Waals surface area contributed by atoms with E-state index in [0.29, 0.717) is 17.3 Å². The SMILES string of the molecule is COC(=O)c1ccc(Nc2ccc(C(=O)NC3CC3)nc2)cc1. The summed E-state index contributed by atoms with van der Waals surface area (Å²) >= 11 is 0. The van der Waals surface area contributed by atoms with E-state index in [1.54, 1.807) is 42.6 Å². The summed E-state index contributed by atoms with van der Waals surface area (Å²) in [5.41, 5.74) is 2.47. The lowest BCUT2D eigenvalue weighted by Crippen LogP contribution is -2.26. The van der Waals surface area contributed by atoms with Gasteiger partial charge in [0.25, 0.3) is 5.91 Å². The molecule has 0 saturated heterocycles. The van der Waals surface area contributed by atoms with Crippen molar-refractivity contribution in [3.8, 4) is 0 Å². The molecular weight excluding hydrogens is 294 g/mol. The number of hydrogen-bond acceptors (Lipinski definition) is 5. The number of nitrogens with one attached hydrogen (secondary N) is 2. The van der Waals surface area contributed by atoms with Crippen LogP contribution < -0.4 is 10.6 Å². The number of benzene rings is 1. The number of methoxy groups -OCH3 is 1. The molecule has 2 N–H and O–H groups in total. The highest BCUT2D eigenvalue weighted by Gasteiger charge is 2.24. The van der Waals surface area contributed by atoms with Gasteiger partial charge < -0.3 is 15.4 Å². The van der Waals surface area contributed by atoms with E-state index in [0.717, 1.165) is 24.2 Å². The van der Waals surface area contributed by atoms with Crippen LogP contribution in [0.4, 0.5) is 11.4 Å². The molecule has 0 atom stereocenters. The molecule has 1 fully saturated rings. The maximum absolute atomic E-state index is 11.9. The molecule has 0 aliphatic heterocycles. The Bertz CT molecular complexity index is 707. The Hall–Kier alpha value is -2.89. The summed E-state index contributed by atoms with van der Waals surface area (Å²) < 4.78 is 4.65. The molecule has 118 valence electrons. The third-order valence-electron chi connectivity index (χ3n) is 3.50. The van der Waals surface area contributed by atoms with Crippen molar-refractivity contribution in [1.82, 2.24) is 10.3 Å². The molecule has 0 radical (unpaired) electrons. The molecule has 2 aromatic rings. The van der Waals surface area contributed by atoms with Crippen molar-refractivity contribution in [3.05, 3.63) is 53.9 Å². The van der Waals surface area contributed by atoms with E-state index in [9.17, 15) is 9.59 Å². The van der Waals surface area contributed by atoms with Crippen molar-refractivity contribution in [2.45, 2.75) is 18.9 Å². The molecule has 1 heterocycles. The number of carbonyl (C=O) groups excluding carboxylic acids is 2. The van der Waals surface area contributed by atoms with Gasteiger partial charge in [0.05, 0.1) is 24.6 Å². The van der Waals surface area contributed by atoms with Gasteiger partial charge in [0.15, 0.2) is 0 Å². The van der Waals surface area contributed by atoms with Gasteiger partial charge in [-0.05, 0) is 49.2 Å². The number of carbonyl (C=O) groups is 2. The van der Waals surface area contributed by atoms with Crippen LogP contribution in [0.5, 0.6) is 0 Å². The first-order chi connectivity index (χ1) is 11.2. The number of amides is 1. The summed E-state index contributed by atoms with van der Waals surface area (Å²) in [5.74, 6) is -0.509. The Morgan fingerprint density at radius 3 is 2.35 bits per heavy atom.